The highest BCUT2D eigenvalue weighted by molar-refractivity contribution is 9.11. The number of hydrogen-bond donors (Lipinski definition) is 1. The summed E-state index contributed by atoms with van der Waals surface area (Å²) < 4.78 is 24.6. The van der Waals surface area contributed by atoms with Crippen LogP contribution in [0.3, 0.4) is 0 Å². The minimum absolute atomic E-state index is 0.0474. The molecule has 0 amide bonds. The fraction of sp³-hybridized carbons (Fsp3) is 0.250. The van der Waals surface area contributed by atoms with Gasteiger partial charge in [-0.3, -0.25) is 0 Å². The molecule has 0 spiro atoms. The third-order valence-corrected chi connectivity index (χ3v) is 5.30. The van der Waals surface area contributed by atoms with Crippen LogP contribution in [-0.4, -0.2) is 20.7 Å². The van der Waals surface area contributed by atoms with Crippen molar-refractivity contribution in [3.05, 3.63) is 27.1 Å². The Morgan fingerprint density at radius 2 is 1.71 bits per heavy atom. The molecule has 2 N–H and O–H groups in total. The first-order valence-corrected chi connectivity index (χ1v) is 7.09. The fourth-order valence-corrected chi connectivity index (χ4v) is 4.76. The molecule has 0 fully saturated rings. The third-order valence-electron chi connectivity index (χ3n) is 1.62. The van der Waals surface area contributed by atoms with E-state index in [4.69, 9.17) is 5.73 Å². The standard InChI is InChI=1S/C8H9Br2NO2S/c9-6-2-1-3-7(10)8(6)14(12,13)5-4-11/h1-3H,4-5,11H2. The molecule has 0 saturated heterocycles. The molecule has 0 radical (unpaired) electrons. The van der Waals surface area contributed by atoms with Gasteiger partial charge in [0.2, 0.25) is 0 Å². The fourth-order valence-electron chi connectivity index (χ4n) is 1.04. The minimum atomic E-state index is -3.29. The van der Waals surface area contributed by atoms with Crippen molar-refractivity contribution >= 4 is 41.7 Å². The molecule has 1 rings (SSSR count). The van der Waals surface area contributed by atoms with Crippen LogP contribution < -0.4 is 5.73 Å². The lowest BCUT2D eigenvalue weighted by Gasteiger charge is -2.07. The summed E-state index contributed by atoms with van der Waals surface area (Å²) in [5.41, 5.74) is 5.24. The SMILES string of the molecule is NCCS(=O)(=O)c1c(Br)cccc1Br. The number of halogens is 2. The van der Waals surface area contributed by atoms with Gasteiger partial charge in [0, 0.05) is 15.5 Å². The molecule has 0 aliphatic rings. The van der Waals surface area contributed by atoms with Crippen LogP contribution in [0.1, 0.15) is 0 Å². The summed E-state index contributed by atoms with van der Waals surface area (Å²) in [6.45, 7) is 0.121. The zero-order valence-corrected chi connectivity index (χ0v) is 11.2. The van der Waals surface area contributed by atoms with Gasteiger partial charge in [-0.1, -0.05) is 6.07 Å². The maximum Gasteiger partial charge on any atom is 0.181 e. The van der Waals surface area contributed by atoms with Gasteiger partial charge in [0.25, 0.3) is 0 Å². The molecule has 0 aliphatic carbocycles. The lowest BCUT2D eigenvalue weighted by Crippen LogP contribution is -2.16. The van der Waals surface area contributed by atoms with Crippen LogP contribution in [-0.2, 0) is 9.84 Å². The number of benzene rings is 1. The Kier molecular flexibility index (Phi) is 4.12. The first-order valence-electron chi connectivity index (χ1n) is 3.86. The first kappa shape index (κ1) is 12.2. The summed E-state index contributed by atoms with van der Waals surface area (Å²) in [5, 5.41) is 0. The summed E-state index contributed by atoms with van der Waals surface area (Å²) >= 11 is 6.41. The van der Waals surface area contributed by atoms with E-state index < -0.39 is 9.84 Å². The van der Waals surface area contributed by atoms with Gasteiger partial charge >= 0.3 is 0 Å². The van der Waals surface area contributed by atoms with E-state index in [0.717, 1.165) is 0 Å². The zero-order valence-electron chi connectivity index (χ0n) is 7.20. The molecular formula is C8H9Br2NO2S. The largest absolute Gasteiger partial charge is 0.329 e. The zero-order chi connectivity index (χ0) is 10.8. The molecule has 0 bridgehead atoms. The highest BCUT2D eigenvalue weighted by Crippen LogP contribution is 2.30. The maximum atomic E-state index is 11.7. The predicted octanol–water partition coefficient (Wildman–Crippen LogP) is 1.94. The number of sulfone groups is 1. The molecule has 3 nitrogen and oxygen atoms in total. The predicted molar refractivity (Wildman–Crippen MR) is 62.9 cm³/mol. The second-order valence-corrected chi connectivity index (χ2v) is 6.41. The Morgan fingerprint density at radius 1 is 1.21 bits per heavy atom. The van der Waals surface area contributed by atoms with Crippen LogP contribution in [0.2, 0.25) is 0 Å². The van der Waals surface area contributed by atoms with Gasteiger partial charge in [-0.05, 0) is 44.0 Å². The maximum absolute atomic E-state index is 11.7. The molecule has 1 aromatic rings. The summed E-state index contributed by atoms with van der Waals surface area (Å²) in [5.74, 6) is -0.0474. The van der Waals surface area contributed by atoms with Crippen LogP contribution in [0.15, 0.2) is 32.0 Å². The molecular weight excluding hydrogens is 334 g/mol. The van der Waals surface area contributed by atoms with Crippen molar-refractivity contribution in [2.24, 2.45) is 5.73 Å². The Bertz CT molecular complexity index is 411. The highest BCUT2D eigenvalue weighted by atomic mass is 79.9. The average Bonchev–Trinajstić information content (AvgIpc) is 2.02. The first-order chi connectivity index (χ1) is 6.49. The number of rotatable bonds is 3. The summed E-state index contributed by atoms with van der Waals surface area (Å²) in [6.07, 6.45) is 0. The lowest BCUT2D eigenvalue weighted by atomic mass is 10.4. The Labute approximate surface area is 99.9 Å². The van der Waals surface area contributed by atoms with Crippen LogP contribution in [0.5, 0.6) is 0 Å². The van der Waals surface area contributed by atoms with Gasteiger partial charge in [0.05, 0.1) is 10.6 Å². The molecule has 1 aromatic carbocycles. The van der Waals surface area contributed by atoms with Gasteiger partial charge in [-0.2, -0.15) is 0 Å². The van der Waals surface area contributed by atoms with E-state index in [-0.39, 0.29) is 17.2 Å². The molecule has 6 heteroatoms. The van der Waals surface area contributed by atoms with Crippen molar-refractivity contribution in [1.29, 1.82) is 0 Å². The quantitative estimate of drug-likeness (QED) is 0.913. The molecule has 0 saturated carbocycles. The van der Waals surface area contributed by atoms with Gasteiger partial charge in [-0.15, -0.1) is 0 Å². The van der Waals surface area contributed by atoms with E-state index in [2.05, 4.69) is 31.9 Å². The van der Waals surface area contributed by atoms with Crippen molar-refractivity contribution in [2.75, 3.05) is 12.3 Å². The molecule has 0 aromatic heterocycles. The number of hydrogen-bond acceptors (Lipinski definition) is 3. The summed E-state index contributed by atoms with van der Waals surface area (Å²) in [4.78, 5) is 0.269. The molecule has 78 valence electrons. The second kappa shape index (κ2) is 4.74. The highest BCUT2D eigenvalue weighted by Gasteiger charge is 2.19. The third kappa shape index (κ3) is 2.56. The molecule has 0 unspecified atom stereocenters. The van der Waals surface area contributed by atoms with Crippen LogP contribution in [0.4, 0.5) is 0 Å². The van der Waals surface area contributed by atoms with Crippen molar-refractivity contribution in [3.8, 4) is 0 Å². The monoisotopic (exact) mass is 341 g/mol. The van der Waals surface area contributed by atoms with Crippen molar-refractivity contribution in [1.82, 2.24) is 0 Å². The van der Waals surface area contributed by atoms with Crippen molar-refractivity contribution in [2.45, 2.75) is 4.90 Å². The smallest absolute Gasteiger partial charge is 0.181 e. The Balaban J connectivity index is 3.32. The van der Waals surface area contributed by atoms with Gasteiger partial charge in [-0.25, -0.2) is 8.42 Å². The summed E-state index contributed by atoms with van der Waals surface area (Å²) in [7, 11) is -3.29. The summed E-state index contributed by atoms with van der Waals surface area (Å²) in [6, 6.07) is 5.14. The van der Waals surface area contributed by atoms with Crippen molar-refractivity contribution in [3.63, 3.8) is 0 Å². The number of nitrogens with two attached hydrogens (primary N) is 1. The van der Waals surface area contributed by atoms with Crippen molar-refractivity contribution < 1.29 is 8.42 Å². The van der Waals surface area contributed by atoms with Gasteiger partial charge < -0.3 is 5.73 Å². The molecule has 14 heavy (non-hydrogen) atoms. The topological polar surface area (TPSA) is 60.2 Å². The van der Waals surface area contributed by atoms with Gasteiger partial charge in [0.1, 0.15) is 0 Å². The Morgan fingerprint density at radius 3 is 2.14 bits per heavy atom. The normalized spacial score (nSPS) is 11.6. The van der Waals surface area contributed by atoms with E-state index in [9.17, 15) is 8.42 Å². The molecule has 0 heterocycles. The van der Waals surface area contributed by atoms with Gasteiger partial charge in [0.15, 0.2) is 9.84 Å². The van der Waals surface area contributed by atoms with Crippen LogP contribution in [0, 0.1) is 0 Å². The van der Waals surface area contributed by atoms with Crippen LogP contribution in [0.25, 0.3) is 0 Å². The molecule has 0 atom stereocenters. The van der Waals surface area contributed by atoms with E-state index >= 15 is 0 Å². The van der Waals surface area contributed by atoms with E-state index in [1.807, 2.05) is 0 Å². The van der Waals surface area contributed by atoms with E-state index in [1.54, 1.807) is 18.2 Å². The van der Waals surface area contributed by atoms with Crippen LogP contribution >= 0.6 is 31.9 Å². The molecule has 0 aliphatic heterocycles. The minimum Gasteiger partial charge on any atom is -0.329 e. The van der Waals surface area contributed by atoms with E-state index in [1.165, 1.54) is 0 Å². The van der Waals surface area contributed by atoms with E-state index in [0.29, 0.717) is 8.95 Å². The average molecular weight is 343 g/mol. The lowest BCUT2D eigenvalue weighted by molar-refractivity contribution is 0.595. The Hall–Kier alpha value is 0.0900. The second-order valence-electron chi connectivity index (χ2n) is 2.66.